The van der Waals surface area contributed by atoms with Gasteiger partial charge in [0.1, 0.15) is 12.4 Å². The summed E-state index contributed by atoms with van der Waals surface area (Å²) in [4.78, 5) is 0. The lowest BCUT2D eigenvalue weighted by molar-refractivity contribution is 0.303. The molecule has 1 aromatic heterocycles. The molecule has 0 bridgehead atoms. The first-order chi connectivity index (χ1) is 11.2. The van der Waals surface area contributed by atoms with Crippen molar-refractivity contribution in [1.82, 2.24) is 20.6 Å². The molecule has 0 fully saturated rings. The van der Waals surface area contributed by atoms with Crippen LogP contribution in [0.15, 0.2) is 42.5 Å². The number of nitrogens with zero attached hydrogens (tertiary/aromatic N) is 3. The van der Waals surface area contributed by atoms with E-state index in [9.17, 15) is 0 Å². The molecule has 3 aromatic rings. The molecule has 0 spiro atoms. The van der Waals surface area contributed by atoms with Gasteiger partial charge in [-0.3, -0.25) is 0 Å². The summed E-state index contributed by atoms with van der Waals surface area (Å²) in [5.41, 5.74) is 3.26. The number of halogens is 1. The fraction of sp³-hybridized carbons (Fsp3) is 0.188. The number of aromatic nitrogens is 4. The maximum Gasteiger partial charge on any atom is 0.263 e. The van der Waals surface area contributed by atoms with Crippen LogP contribution in [0, 0.1) is 6.92 Å². The zero-order valence-electron chi connectivity index (χ0n) is 12.6. The average molecular weight is 330 g/mol. The molecule has 0 saturated carbocycles. The van der Waals surface area contributed by atoms with Crippen molar-refractivity contribution < 1.29 is 4.74 Å². The third kappa shape index (κ3) is 4.20. The number of hydrogen-bond acceptors (Lipinski definition) is 5. The summed E-state index contributed by atoms with van der Waals surface area (Å²) in [6.45, 7) is 3.05. The molecule has 1 heterocycles. The minimum Gasteiger partial charge on any atom is -0.489 e. The molecule has 0 aliphatic rings. The third-order valence-electron chi connectivity index (χ3n) is 3.28. The van der Waals surface area contributed by atoms with Gasteiger partial charge >= 0.3 is 0 Å². The largest absolute Gasteiger partial charge is 0.489 e. The van der Waals surface area contributed by atoms with Gasteiger partial charge in [0.2, 0.25) is 0 Å². The molecule has 0 amide bonds. The molecule has 0 radical (unpaired) electrons. The van der Waals surface area contributed by atoms with Crippen LogP contribution in [0.25, 0.3) is 0 Å². The van der Waals surface area contributed by atoms with E-state index in [1.165, 1.54) is 5.56 Å². The number of anilines is 1. The molecule has 118 valence electrons. The van der Waals surface area contributed by atoms with E-state index in [1.54, 1.807) is 0 Å². The molecule has 7 heteroatoms. The summed E-state index contributed by atoms with van der Waals surface area (Å²) in [6.07, 6.45) is 0. The van der Waals surface area contributed by atoms with Crippen molar-refractivity contribution in [3.05, 3.63) is 64.2 Å². The number of aryl methyl sites for hydroxylation is 1. The monoisotopic (exact) mass is 329 g/mol. The molecule has 0 atom stereocenters. The van der Waals surface area contributed by atoms with Crippen LogP contribution < -0.4 is 10.1 Å². The minimum atomic E-state index is 0.426. The predicted molar refractivity (Wildman–Crippen MR) is 88.5 cm³/mol. The highest BCUT2D eigenvalue weighted by Crippen LogP contribution is 2.24. The van der Waals surface area contributed by atoms with E-state index in [0.29, 0.717) is 24.1 Å². The number of nitrogens with one attached hydrogen (secondary N) is 2. The normalized spacial score (nSPS) is 10.5. The summed E-state index contributed by atoms with van der Waals surface area (Å²) in [5, 5.41) is 17.3. The Morgan fingerprint density at radius 2 is 2.13 bits per heavy atom. The first-order valence-electron chi connectivity index (χ1n) is 7.15. The lowest BCUT2D eigenvalue weighted by Crippen LogP contribution is -2.05. The SMILES string of the molecule is Cc1cccc(COc2ccc(Cl)cc2CNc2nn[nH]n2)c1. The van der Waals surface area contributed by atoms with Gasteiger partial charge in [-0.1, -0.05) is 46.5 Å². The van der Waals surface area contributed by atoms with E-state index in [1.807, 2.05) is 30.3 Å². The van der Waals surface area contributed by atoms with Gasteiger partial charge in [-0.15, -0.1) is 5.10 Å². The van der Waals surface area contributed by atoms with E-state index in [4.69, 9.17) is 16.3 Å². The Morgan fingerprint density at radius 3 is 2.91 bits per heavy atom. The Labute approximate surface area is 138 Å². The second-order valence-corrected chi connectivity index (χ2v) is 5.56. The molecule has 6 nitrogen and oxygen atoms in total. The molecule has 0 aliphatic carbocycles. The summed E-state index contributed by atoms with van der Waals surface area (Å²) < 4.78 is 5.94. The Morgan fingerprint density at radius 1 is 1.22 bits per heavy atom. The van der Waals surface area contributed by atoms with Gasteiger partial charge in [0.15, 0.2) is 0 Å². The molecule has 0 saturated heterocycles. The highest BCUT2D eigenvalue weighted by Gasteiger charge is 2.07. The van der Waals surface area contributed by atoms with E-state index in [-0.39, 0.29) is 0 Å². The van der Waals surface area contributed by atoms with Gasteiger partial charge in [0.05, 0.1) is 0 Å². The Hall–Kier alpha value is -2.60. The number of rotatable bonds is 6. The molecule has 3 rings (SSSR count). The van der Waals surface area contributed by atoms with Crippen molar-refractivity contribution in [3.63, 3.8) is 0 Å². The van der Waals surface area contributed by atoms with Gasteiger partial charge in [0, 0.05) is 17.1 Å². The van der Waals surface area contributed by atoms with E-state index < -0.39 is 0 Å². The van der Waals surface area contributed by atoms with Gasteiger partial charge in [-0.25, -0.2) is 0 Å². The maximum absolute atomic E-state index is 6.08. The average Bonchev–Trinajstić information content (AvgIpc) is 3.05. The Bertz CT molecular complexity index is 776. The smallest absolute Gasteiger partial charge is 0.263 e. The van der Waals surface area contributed by atoms with Crippen LogP contribution in [-0.2, 0) is 13.2 Å². The summed E-state index contributed by atoms with van der Waals surface area (Å²) in [5.74, 6) is 1.20. The van der Waals surface area contributed by atoms with Gasteiger partial charge in [0.25, 0.3) is 5.95 Å². The standard InChI is InChI=1S/C16H16ClN5O/c1-11-3-2-4-12(7-11)10-23-15-6-5-14(17)8-13(15)9-18-16-19-21-22-20-16/h2-8H,9-10H2,1H3,(H2,18,19,20,21,22). The summed E-state index contributed by atoms with van der Waals surface area (Å²) in [7, 11) is 0. The van der Waals surface area contributed by atoms with E-state index in [0.717, 1.165) is 16.9 Å². The Balaban J connectivity index is 1.70. The molecule has 2 N–H and O–H groups in total. The fourth-order valence-electron chi connectivity index (χ4n) is 2.20. The number of benzene rings is 2. The number of H-pyrrole nitrogens is 1. The molecule has 0 unspecified atom stereocenters. The zero-order chi connectivity index (χ0) is 16.1. The second kappa shape index (κ2) is 7.11. The van der Waals surface area contributed by atoms with E-state index >= 15 is 0 Å². The summed E-state index contributed by atoms with van der Waals surface area (Å²) in [6, 6.07) is 13.8. The van der Waals surface area contributed by atoms with Crippen molar-refractivity contribution in [1.29, 1.82) is 0 Å². The van der Waals surface area contributed by atoms with Crippen LogP contribution in [-0.4, -0.2) is 20.6 Å². The minimum absolute atomic E-state index is 0.426. The fourth-order valence-corrected chi connectivity index (χ4v) is 2.40. The van der Waals surface area contributed by atoms with E-state index in [2.05, 4.69) is 45.0 Å². The van der Waals surface area contributed by atoms with Crippen LogP contribution in [0.3, 0.4) is 0 Å². The molecule has 23 heavy (non-hydrogen) atoms. The van der Waals surface area contributed by atoms with Crippen molar-refractivity contribution in [2.45, 2.75) is 20.1 Å². The Kier molecular flexibility index (Phi) is 4.73. The van der Waals surface area contributed by atoms with Crippen molar-refractivity contribution in [3.8, 4) is 5.75 Å². The molecule has 0 aliphatic heterocycles. The lowest BCUT2D eigenvalue weighted by atomic mass is 10.1. The number of aromatic amines is 1. The van der Waals surface area contributed by atoms with Crippen molar-refractivity contribution in [2.24, 2.45) is 0 Å². The molecule has 2 aromatic carbocycles. The second-order valence-electron chi connectivity index (χ2n) is 5.12. The summed E-state index contributed by atoms with van der Waals surface area (Å²) >= 11 is 6.08. The van der Waals surface area contributed by atoms with Gasteiger partial charge in [-0.05, 0) is 35.9 Å². The lowest BCUT2D eigenvalue weighted by Gasteiger charge is -2.12. The van der Waals surface area contributed by atoms with Crippen LogP contribution in [0.1, 0.15) is 16.7 Å². The van der Waals surface area contributed by atoms with Crippen LogP contribution in [0.4, 0.5) is 5.95 Å². The predicted octanol–water partition coefficient (Wildman–Crippen LogP) is 3.35. The van der Waals surface area contributed by atoms with Gasteiger partial charge in [-0.2, -0.15) is 5.21 Å². The third-order valence-corrected chi connectivity index (χ3v) is 3.52. The number of tetrazole rings is 1. The quantitative estimate of drug-likeness (QED) is 0.725. The molecular formula is C16H16ClN5O. The topological polar surface area (TPSA) is 75.7 Å². The first kappa shape index (κ1) is 15.3. The van der Waals surface area contributed by atoms with Crippen LogP contribution in [0.2, 0.25) is 5.02 Å². The van der Waals surface area contributed by atoms with Crippen molar-refractivity contribution >= 4 is 17.5 Å². The highest BCUT2D eigenvalue weighted by molar-refractivity contribution is 6.30. The van der Waals surface area contributed by atoms with Crippen LogP contribution >= 0.6 is 11.6 Å². The first-order valence-corrected chi connectivity index (χ1v) is 7.52. The highest BCUT2D eigenvalue weighted by atomic mass is 35.5. The van der Waals surface area contributed by atoms with Gasteiger partial charge < -0.3 is 10.1 Å². The number of hydrogen-bond donors (Lipinski definition) is 2. The number of ether oxygens (including phenoxy) is 1. The van der Waals surface area contributed by atoms with Crippen LogP contribution in [0.5, 0.6) is 5.75 Å². The molecular weight excluding hydrogens is 314 g/mol. The maximum atomic E-state index is 6.08. The van der Waals surface area contributed by atoms with Crippen molar-refractivity contribution in [2.75, 3.05) is 5.32 Å². The zero-order valence-corrected chi connectivity index (χ0v) is 13.3.